The molecule has 1 unspecified atom stereocenters. The first kappa shape index (κ1) is 18.2. The molecule has 1 amide bonds. The number of hydrogen-bond acceptors (Lipinski definition) is 3. The van der Waals surface area contributed by atoms with Crippen LogP contribution in [0.5, 0.6) is 11.5 Å². The van der Waals surface area contributed by atoms with E-state index in [-0.39, 0.29) is 23.4 Å². The van der Waals surface area contributed by atoms with Crippen molar-refractivity contribution in [1.29, 1.82) is 0 Å². The second-order valence-electron chi connectivity index (χ2n) is 5.40. The summed E-state index contributed by atoms with van der Waals surface area (Å²) in [7, 11) is 3.28. The predicted octanol–water partition coefficient (Wildman–Crippen LogP) is 0.836. The van der Waals surface area contributed by atoms with Crippen LogP contribution in [-0.4, -0.2) is 39.3 Å². The highest BCUT2D eigenvalue weighted by Gasteiger charge is 2.14. The number of quaternary nitrogens is 1. The van der Waals surface area contributed by atoms with E-state index in [2.05, 4.69) is 10.1 Å². The van der Waals surface area contributed by atoms with Crippen LogP contribution >= 0.6 is 0 Å². The molecule has 0 saturated carbocycles. The number of methoxy groups -OCH3 is 1. The first-order valence-corrected chi connectivity index (χ1v) is 7.04. The molecule has 0 fully saturated rings. The number of halogens is 2. The summed E-state index contributed by atoms with van der Waals surface area (Å²) in [6.07, 6.45) is 0. The number of rotatable bonds is 8. The van der Waals surface area contributed by atoms with E-state index in [0.717, 1.165) is 10.5 Å². The first-order valence-electron chi connectivity index (χ1n) is 7.04. The zero-order chi connectivity index (χ0) is 16.7. The molecule has 0 spiro atoms. The average Bonchev–Trinajstić information content (AvgIpc) is 2.38. The Morgan fingerprint density at radius 3 is 2.55 bits per heavy atom. The minimum atomic E-state index is -2.90. The molecule has 0 aliphatic carbocycles. The summed E-state index contributed by atoms with van der Waals surface area (Å²) in [5, 5.41) is 2.82. The highest BCUT2D eigenvalue weighted by molar-refractivity contribution is 5.77. The van der Waals surface area contributed by atoms with Gasteiger partial charge in [0.1, 0.15) is 6.54 Å². The van der Waals surface area contributed by atoms with Crippen molar-refractivity contribution in [2.75, 3.05) is 20.7 Å². The van der Waals surface area contributed by atoms with Crippen molar-refractivity contribution < 1.29 is 27.9 Å². The summed E-state index contributed by atoms with van der Waals surface area (Å²) >= 11 is 0. The lowest BCUT2D eigenvalue weighted by Crippen LogP contribution is -3.09. The molecule has 124 valence electrons. The van der Waals surface area contributed by atoms with Crippen molar-refractivity contribution in [3.63, 3.8) is 0 Å². The molecule has 2 N–H and O–H groups in total. The minimum Gasteiger partial charge on any atom is -0.493 e. The minimum absolute atomic E-state index is 0.00328. The lowest BCUT2D eigenvalue weighted by Gasteiger charge is -2.16. The summed E-state index contributed by atoms with van der Waals surface area (Å²) in [6, 6.07) is 4.87. The molecule has 1 atom stereocenters. The van der Waals surface area contributed by atoms with Gasteiger partial charge in [-0.2, -0.15) is 8.78 Å². The maximum Gasteiger partial charge on any atom is 0.387 e. The molecule has 1 aromatic carbocycles. The Morgan fingerprint density at radius 2 is 2.00 bits per heavy atom. The topological polar surface area (TPSA) is 52.0 Å². The number of ether oxygens (including phenoxy) is 2. The Bertz CT molecular complexity index is 496. The standard InChI is InChI=1S/C15H22F2N2O3/c1-10(2)18-14(20)9-19(3)8-11-5-6-12(22-15(16)17)13(7-11)21-4/h5-7,10,15H,8-9H2,1-4H3,(H,18,20)/p+1. The molecule has 0 heterocycles. The number of hydrogen-bond donors (Lipinski definition) is 2. The Kier molecular flexibility index (Phi) is 7.04. The normalized spacial score (nSPS) is 12.4. The van der Waals surface area contributed by atoms with Gasteiger partial charge in [-0.15, -0.1) is 0 Å². The zero-order valence-corrected chi connectivity index (χ0v) is 13.3. The fourth-order valence-electron chi connectivity index (χ4n) is 2.07. The number of amides is 1. The van der Waals surface area contributed by atoms with Crippen LogP contribution in [0.15, 0.2) is 18.2 Å². The van der Waals surface area contributed by atoms with Gasteiger partial charge in [0.15, 0.2) is 18.0 Å². The molecule has 0 aliphatic heterocycles. The molecule has 0 aromatic heterocycles. The fourth-order valence-corrected chi connectivity index (χ4v) is 2.07. The van der Waals surface area contributed by atoms with Crippen LogP contribution in [0.1, 0.15) is 19.4 Å². The highest BCUT2D eigenvalue weighted by Crippen LogP contribution is 2.29. The molecule has 0 radical (unpaired) electrons. The Hall–Kier alpha value is -1.89. The second kappa shape index (κ2) is 8.53. The largest absolute Gasteiger partial charge is 0.493 e. The highest BCUT2D eigenvalue weighted by atomic mass is 19.3. The van der Waals surface area contributed by atoms with Crippen molar-refractivity contribution in [2.45, 2.75) is 33.0 Å². The number of nitrogens with one attached hydrogen (secondary N) is 2. The Balaban J connectivity index is 2.67. The van der Waals surface area contributed by atoms with Crippen molar-refractivity contribution in [2.24, 2.45) is 0 Å². The number of likely N-dealkylation sites (N-methyl/N-ethyl adjacent to an activating group) is 1. The molecule has 1 rings (SSSR count). The third-order valence-electron chi connectivity index (χ3n) is 2.86. The van der Waals surface area contributed by atoms with E-state index in [0.29, 0.717) is 13.1 Å². The van der Waals surface area contributed by atoms with Gasteiger partial charge in [-0.05, 0) is 32.0 Å². The van der Waals surface area contributed by atoms with Crippen LogP contribution in [0, 0.1) is 0 Å². The van der Waals surface area contributed by atoms with Gasteiger partial charge in [-0.1, -0.05) is 0 Å². The number of alkyl halides is 2. The van der Waals surface area contributed by atoms with Crippen LogP contribution in [0.3, 0.4) is 0 Å². The first-order chi connectivity index (χ1) is 10.3. The van der Waals surface area contributed by atoms with Crippen molar-refractivity contribution in [1.82, 2.24) is 5.32 Å². The summed E-state index contributed by atoms with van der Waals surface area (Å²) < 4.78 is 34.0. The van der Waals surface area contributed by atoms with Crippen LogP contribution in [0.25, 0.3) is 0 Å². The maximum atomic E-state index is 12.3. The van der Waals surface area contributed by atoms with E-state index in [9.17, 15) is 13.6 Å². The van der Waals surface area contributed by atoms with Crippen LogP contribution in [-0.2, 0) is 11.3 Å². The van der Waals surface area contributed by atoms with Gasteiger partial charge in [0.05, 0.1) is 14.2 Å². The van der Waals surface area contributed by atoms with E-state index in [1.54, 1.807) is 12.1 Å². The number of carbonyl (C=O) groups excluding carboxylic acids is 1. The summed E-state index contributed by atoms with van der Waals surface area (Å²) in [5.41, 5.74) is 0.869. The molecule has 0 bridgehead atoms. The van der Waals surface area contributed by atoms with Gasteiger partial charge in [0.25, 0.3) is 5.91 Å². The van der Waals surface area contributed by atoms with Gasteiger partial charge in [0, 0.05) is 11.6 Å². The third kappa shape index (κ3) is 6.26. The van der Waals surface area contributed by atoms with E-state index in [1.165, 1.54) is 13.2 Å². The fraction of sp³-hybridized carbons (Fsp3) is 0.533. The van der Waals surface area contributed by atoms with E-state index in [1.807, 2.05) is 20.9 Å². The van der Waals surface area contributed by atoms with E-state index >= 15 is 0 Å². The van der Waals surface area contributed by atoms with Gasteiger partial charge < -0.3 is 19.7 Å². The zero-order valence-electron chi connectivity index (χ0n) is 13.3. The number of carbonyl (C=O) groups is 1. The predicted molar refractivity (Wildman–Crippen MR) is 78.4 cm³/mol. The summed E-state index contributed by atoms with van der Waals surface area (Å²) in [5.74, 6) is 0.214. The van der Waals surface area contributed by atoms with E-state index < -0.39 is 6.61 Å². The van der Waals surface area contributed by atoms with Crippen molar-refractivity contribution in [3.05, 3.63) is 23.8 Å². The molecule has 22 heavy (non-hydrogen) atoms. The SMILES string of the molecule is COc1cc(C[NH+](C)CC(=O)NC(C)C)ccc1OC(F)F. The molecule has 5 nitrogen and oxygen atoms in total. The smallest absolute Gasteiger partial charge is 0.387 e. The molecule has 0 saturated heterocycles. The van der Waals surface area contributed by atoms with Crippen LogP contribution in [0.4, 0.5) is 8.78 Å². The lowest BCUT2D eigenvalue weighted by molar-refractivity contribution is -0.885. The van der Waals surface area contributed by atoms with Crippen molar-refractivity contribution >= 4 is 5.91 Å². The molecule has 7 heteroatoms. The van der Waals surface area contributed by atoms with Gasteiger partial charge in [0.2, 0.25) is 0 Å². The quantitative estimate of drug-likeness (QED) is 0.747. The van der Waals surface area contributed by atoms with E-state index in [4.69, 9.17) is 4.74 Å². The molecule has 0 aliphatic rings. The van der Waals surface area contributed by atoms with Gasteiger partial charge in [-0.3, -0.25) is 4.79 Å². The monoisotopic (exact) mass is 317 g/mol. The lowest BCUT2D eigenvalue weighted by atomic mass is 10.2. The maximum absolute atomic E-state index is 12.3. The summed E-state index contributed by atoms with van der Waals surface area (Å²) in [4.78, 5) is 12.7. The molecular weight excluding hydrogens is 294 g/mol. The Labute approximate surface area is 129 Å². The summed E-state index contributed by atoms with van der Waals surface area (Å²) in [6.45, 7) is 1.81. The second-order valence-corrected chi connectivity index (χ2v) is 5.40. The van der Waals surface area contributed by atoms with Gasteiger partial charge in [-0.25, -0.2) is 0 Å². The van der Waals surface area contributed by atoms with Crippen LogP contribution in [0.2, 0.25) is 0 Å². The Morgan fingerprint density at radius 1 is 1.32 bits per heavy atom. The molecular formula is C15H23F2N2O3+. The third-order valence-corrected chi connectivity index (χ3v) is 2.86. The number of benzene rings is 1. The van der Waals surface area contributed by atoms with Crippen LogP contribution < -0.4 is 19.7 Å². The van der Waals surface area contributed by atoms with Gasteiger partial charge >= 0.3 is 6.61 Å². The molecule has 1 aromatic rings. The average molecular weight is 317 g/mol. The van der Waals surface area contributed by atoms with Crippen molar-refractivity contribution in [3.8, 4) is 11.5 Å².